The fraction of sp³-hybridized carbons (Fsp3) is 0. The van der Waals surface area contributed by atoms with Crippen molar-refractivity contribution in [3.63, 3.8) is 0 Å². The zero-order valence-corrected chi connectivity index (χ0v) is 9.13. The van der Waals surface area contributed by atoms with Crippen molar-refractivity contribution in [2.45, 2.75) is 0 Å². The third-order valence-electron chi connectivity index (χ3n) is 2.59. The normalized spacial score (nSPS) is 10.9. The first kappa shape index (κ1) is 9.95. The molecular formula is C11H8BFN4. The number of rotatable bonds is 1. The highest BCUT2D eigenvalue weighted by Gasteiger charge is 2.04. The molecule has 0 aromatic carbocycles. The number of hydrogen-bond donors (Lipinski definition) is 0. The van der Waals surface area contributed by atoms with Gasteiger partial charge in [-0.2, -0.15) is 9.49 Å². The highest BCUT2D eigenvalue weighted by atomic mass is 19.1. The van der Waals surface area contributed by atoms with Crippen molar-refractivity contribution in [3.8, 4) is 11.1 Å². The molecule has 0 N–H and O–H groups in total. The van der Waals surface area contributed by atoms with Gasteiger partial charge in [0.1, 0.15) is 13.5 Å². The van der Waals surface area contributed by atoms with Crippen LogP contribution < -0.4 is 5.46 Å². The number of halogens is 1. The molecule has 3 rings (SSSR count). The summed E-state index contributed by atoms with van der Waals surface area (Å²) in [4.78, 5) is 7.83. The molecule has 0 atom stereocenters. The molecule has 3 aromatic rings. The van der Waals surface area contributed by atoms with E-state index in [1.165, 1.54) is 12.3 Å². The summed E-state index contributed by atoms with van der Waals surface area (Å²) >= 11 is 0. The van der Waals surface area contributed by atoms with Crippen LogP contribution >= 0.6 is 0 Å². The Hall–Kier alpha value is -2.24. The summed E-state index contributed by atoms with van der Waals surface area (Å²) in [5, 5.41) is 4.17. The molecule has 0 radical (unpaired) electrons. The number of aromatic nitrogens is 4. The van der Waals surface area contributed by atoms with Gasteiger partial charge in [-0.15, -0.1) is 0 Å². The quantitative estimate of drug-likeness (QED) is 0.439. The Morgan fingerprint density at radius 3 is 2.88 bits per heavy atom. The van der Waals surface area contributed by atoms with Gasteiger partial charge < -0.3 is 0 Å². The predicted molar refractivity (Wildman–Crippen MR) is 64.4 cm³/mol. The first-order valence-electron chi connectivity index (χ1n) is 5.16. The molecule has 0 aliphatic carbocycles. The highest BCUT2D eigenvalue weighted by molar-refractivity contribution is 6.36. The van der Waals surface area contributed by atoms with Crippen LogP contribution in [-0.4, -0.2) is 27.4 Å². The summed E-state index contributed by atoms with van der Waals surface area (Å²) in [5.74, 6) is -0.501. The Labute approximate surface area is 97.6 Å². The lowest BCUT2D eigenvalue weighted by atomic mass is 10.0. The maximum absolute atomic E-state index is 13.0. The summed E-state index contributed by atoms with van der Waals surface area (Å²) in [6.07, 6.45) is 6.71. The first-order chi connectivity index (χ1) is 8.24. The average Bonchev–Trinajstić information content (AvgIpc) is 2.71. The average molecular weight is 226 g/mol. The number of hydrogen-bond acceptors (Lipinski definition) is 3. The van der Waals surface area contributed by atoms with E-state index in [-0.39, 0.29) is 0 Å². The van der Waals surface area contributed by atoms with E-state index in [1.807, 2.05) is 14.0 Å². The van der Waals surface area contributed by atoms with Crippen LogP contribution in [0.4, 0.5) is 4.39 Å². The van der Waals surface area contributed by atoms with Crippen LogP contribution in [0.5, 0.6) is 0 Å². The molecule has 4 nitrogen and oxygen atoms in total. The monoisotopic (exact) mass is 226 g/mol. The van der Waals surface area contributed by atoms with Gasteiger partial charge in [-0.05, 0) is 17.1 Å². The van der Waals surface area contributed by atoms with Crippen molar-refractivity contribution >= 4 is 19.0 Å². The lowest BCUT2D eigenvalue weighted by Gasteiger charge is -2.01. The van der Waals surface area contributed by atoms with E-state index in [0.29, 0.717) is 0 Å². The van der Waals surface area contributed by atoms with E-state index in [1.54, 1.807) is 23.0 Å². The maximum atomic E-state index is 13.0. The molecule has 3 heterocycles. The fourth-order valence-electron chi connectivity index (χ4n) is 1.72. The SMILES string of the molecule is Bc1cnn2cc(-c3ccnc(F)c3)cnc12. The largest absolute Gasteiger partial charge is 0.237 e. The minimum Gasteiger partial charge on any atom is -0.237 e. The van der Waals surface area contributed by atoms with Gasteiger partial charge in [0.2, 0.25) is 5.95 Å². The lowest BCUT2D eigenvalue weighted by molar-refractivity contribution is 0.584. The molecule has 0 aliphatic rings. The molecule has 0 unspecified atom stereocenters. The van der Waals surface area contributed by atoms with Crippen LogP contribution in [0.2, 0.25) is 0 Å². The van der Waals surface area contributed by atoms with E-state index in [0.717, 1.165) is 22.2 Å². The Bertz CT molecular complexity index is 695. The van der Waals surface area contributed by atoms with Crippen molar-refractivity contribution in [2.75, 3.05) is 0 Å². The third kappa shape index (κ3) is 1.67. The highest BCUT2D eigenvalue weighted by Crippen LogP contribution is 2.17. The third-order valence-corrected chi connectivity index (χ3v) is 2.59. The van der Waals surface area contributed by atoms with Crippen molar-refractivity contribution in [2.24, 2.45) is 0 Å². The van der Waals surface area contributed by atoms with E-state index in [9.17, 15) is 4.39 Å². The zero-order valence-electron chi connectivity index (χ0n) is 9.13. The van der Waals surface area contributed by atoms with Crippen LogP contribution in [0.1, 0.15) is 0 Å². The van der Waals surface area contributed by atoms with Crippen molar-refractivity contribution in [1.82, 2.24) is 19.6 Å². The summed E-state index contributed by atoms with van der Waals surface area (Å²) in [7, 11) is 1.95. The molecule has 0 spiro atoms. The minimum atomic E-state index is -0.501. The molecule has 82 valence electrons. The Morgan fingerprint density at radius 1 is 1.18 bits per heavy atom. The molecule has 0 bridgehead atoms. The van der Waals surface area contributed by atoms with Crippen molar-refractivity contribution < 1.29 is 4.39 Å². The Kier molecular flexibility index (Phi) is 2.14. The van der Waals surface area contributed by atoms with Gasteiger partial charge in [-0.1, -0.05) is 0 Å². The Balaban J connectivity index is 2.18. The van der Waals surface area contributed by atoms with Crippen LogP contribution in [0.25, 0.3) is 16.8 Å². The van der Waals surface area contributed by atoms with Crippen LogP contribution in [0, 0.1) is 5.95 Å². The van der Waals surface area contributed by atoms with Crippen LogP contribution in [0.15, 0.2) is 36.9 Å². The fourth-order valence-corrected chi connectivity index (χ4v) is 1.72. The summed E-state index contributed by atoms with van der Waals surface area (Å²) in [5.41, 5.74) is 3.36. The molecule has 3 aromatic heterocycles. The van der Waals surface area contributed by atoms with E-state index in [4.69, 9.17) is 0 Å². The minimum absolute atomic E-state index is 0.501. The van der Waals surface area contributed by atoms with Gasteiger partial charge in [-0.3, -0.25) is 0 Å². The molecule has 6 heteroatoms. The Morgan fingerprint density at radius 2 is 2.06 bits per heavy atom. The molecule has 0 aliphatic heterocycles. The van der Waals surface area contributed by atoms with Crippen LogP contribution in [-0.2, 0) is 0 Å². The standard InChI is InChI=1S/C11H8BFN4/c12-9-5-16-17-6-8(4-15-11(9)17)7-1-2-14-10(13)3-7/h1-6H,12H2. The smallest absolute Gasteiger partial charge is 0.213 e. The number of fused-ring (bicyclic) bond motifs is 1. The van der Waals surface area contributed by atoms with E-state index < -0.39 is 5.95 Å². The zero-order chi connectivity index (χ0) is 11.8. The summed E-state index contributed by atoms with van der Waals surface area (Å²) in [6.45, 7) is 0. The van der Waals surface area contributed by atoms with E-state index >= 15 is 0 Å². The molecule has 17 heavy (non-hydrogen) atoms. The van der Waals surface area contributed by atoms with Crippen molar-refractivity contribution in [1.29, 1.82) is 0 Å². The second kappa shape index (κ2) is 3.66. The van der Waals surface area contributed by atoms with Gasteiger partial charge in [0.15, 0.2) is 0 Å². The number of pyridine rings is 1. The van der Waals surface area contributed by atoms with Gasteiger partial charge in [0.25, 0.3) is 0 Å². The molecule has 0 saturated heterocycles. The van der Waals surface area contributed by atoms with Gasteiger partial charge in [0, 0.05) is 36.4 Å². The molecular weight excluding hydrogens is 218 g/mol. The topological polar surface area (TPSA) is 43.1 Å². The lowest BCUT2D eigenvalue weighted by Crippen LogP contribution is -2.02. The summed E-state index contributed by atoms with van der Waals surface area (Å²) < 4.78 is 14.7. The maximum Gasteiger partial charge on any atom is 0.213 e. The van der Waals surface area contributed by atoms with Gasteiger partial charge in [-0.25, -0.2) is 14.5 Å². The second-order valence-electron chi connectivity index (χ2n) is 3.81. The van der Waals surface area contributed by atoms with Crippen LogP contribution in [0.3, 0.4) is 0 Å². The molecule has 0 saturated carbocycles. The van der Waals surface area contributed by atoms with Crippen molar-refractivity contribution in [3.05, 3.63) is 42.9 Å². The second-order valence-corrected chi connectivity index (χ2v) is 3.81. The first-order valence-corrected chi connectivity index (χ1v) is 5.16. The predicted octanol–water partition coefficient (Wildman–Crippen LogP) is 0.189. The molecule has 0 fully saturated rings. The van der Waals surface area contributed by atoms with E-state index in [2.05, 4.69) is 15.1 Å². The van der Waals surface area contributed by atoms with Gasteiger partial charge >= 0.3 is 0 Å². The van der Waals surface area contributed by atoms with Gasteiger partial charge in [0.05, 0.1) is 0 Å². The summed E-state index contributed by atoms with van der Waals surface area (Å²) in [6, 6.07) is 3.11. The number of nitrogens with zero attached hydrogens (tertiary/aromatic N) is 4. The molecule has 0 amide bonds.